The minimum Gasteiger partial charge on any atom is -0.326 e. The molecule has 2 aromatic carbocycles. The first-order valence-electron chi connectivity index (χ1n) is 9.18. The highest BCUT2D eigenvalue weighted by Crippen LogP contribution is 2.24. The third-order valence-corrected chi connectivity index (χ3v) is 4.82. The van der Waals surface area contributed by atoms with Gasteiger partial charge in [0.1, 0.15) is 6.04 Å². The van der Waals surface area contributed by atoms with Crippen LogP contribution in [0.4, 0.5) is 16.5 Å². The van der Waals surface area contributed by atoms with Crippen molar-refractivity contribution in [1.29, 1.82) is 5.41 Å². The van der Waals surface area contributed by atoms with Gasteiger partial charge in [-0.2, -0.15) is 0 Å². The van der Waals surface area contributed by atoms with Crippen LogP contribution in [-0.2, 0) is 9.59 Å². The maximum Gasteiger partial charge on any atom is 0.250 e. The molecule has 0 saturated heterocycles. The van der Waals surface area contributed by atoms with Crippen molar-refractivity contribution < 1.29 is 9.59 Å². The maximum atomic E-state index is 12.7. The number of benzene rings is 2. The number of hydrogen-bond acceptors (Lipinski definition) is 7. The molecule has 0 aliphatic carbocycles. The van der Waals surface area contributed by atoms with Gasteiger partial charge in [0.2, 0.25) is 5.91 Å². The van der Waals surface area contributed by atoms with Gasteiger partial charge in [0.25, 0.3) is 5.91 Å². The summed E-state index contributed by atoms with van der Waals surface area (Å²) in [5.74, 6) is -0.540. The van der Waals surface area contributed by atoms with Crippen molar-refractivity contribution >= 4 is 45.4 Å². The molecule has 0 bridgehead atoms. The van der Waals surface area contributed by atoms with Crippen LogP contribution in [0.1, 0.15) is 13.8 Å². The summed E-state index contributed by atoms with van der Waals surface area (Å²) in [6.45, 7) is 2.99. The molecule has 3 aromatic rings. The summed E-state index contributed by atoms with van der Waals surface area (Å²) in [4.78, 5) is 28.2. The monoisotopic (exact) mass is 422 g/mol. The topological polar surface area (TPSA) is 119 Å². The fraction of sp³-hybridized carbons (Fsp3) is 0.143. The van der Waals surface area contributed by atoms with E-state index < -0.39 is 6.04 Å². The number of anilines is 3. The summed E-state index contributed by atoms with van der Waals surface area (Å²) < 4.78 is 0. The van der Waals surface area contributed by atoms with Gasteiger partial charge < -0.3 is 21.5 Å². The number of aromatic nitrogens is 1. The Kier molecular flexibility index (Phi) is 6.89. The SMILES string of the molecule is CC(=N)C(NNc1ccc(NC(C)=O)cc1)C(=O)Nc1nc(-c2ccccc2)cs1. The number of hydrazine groups is 1. The lowest BCUT2D eigenvalue weighted by Gasteiger charge is -2.18. The zero-order valence-electron chi connectivity index (χ0n) is 16.5. The fourth-order valence-corrected chi connectivity index (χ4v) is 3.34. The van der Waals surface area contributed by atoms with Crippen LogP contribution in [0.3, 0.4) is 0 Å². The second kappa shape index (κ2) is 9.77. The van der Waals surface area contributed by atoms with Gasteiger partial charge in [-0.25, -0.2) is 10.4 Å². The Hall–Kier alpha value is -3.56. The number of thiazole rings is 1. The zero-order chi connectivity index (χ0) is 21.5. The number of carbonyl (C=O) groups excluding carboxylic acids is 2. The van der Waals surface area contributed by atoms with Crippen molar-refractivity contribution in [3.63, 3.8) is 0 Å². The molecule has 0 fully saturated rings. The van der Waals surface area contributed by atoms with E-state index in [2.05, 4.69) is 26.5 Å². The lowest BCUT2D eigenvalue weighted by molar-refractivity contribution is -0.116. The van der Waals surface area contributed by atoms with E-state index in [4.69, 9.17) is 5.41 Å². The van der Waals surface area contributed by atoms with Crippen molar-refractivity contribution in [2.75, 3.05) is 16.1 Å². The molecule has 5 N–H and O–H groups in total. The molecule has 0 radical (unpaired) electrons. The van der Waals surface area contributed by atoms with Crippen molar-refractivity contribution in [3.05, 3.63) is 60.0 Å². The van der Waals surface area contributed by atoms with E-state index in [1.807, 2.05) is 35.7 Å². The first kappa shape index (κ1) is 21.2. The van der Waals surface area contributed by atoms with Crippen LogP contribution in [0.2, 0.25) is 0 Å². The van der Waals surface area contributed by atoms with Gasteiger partial charge in [0.15, 0.2) is 5.13 Å². The molecule has 0 aliphatic rings. The first-order valence-corrected chi connectivity index (χ1v) is 10.1. The van der Waals surface area contributed by atoms with Crippen molar-refractivity contribution in [2.24, 2.45) is 0 Å². The Morgan fingerprint density at radius 1 is 0.967 bits per heavy atom. The highest BCUT2D eigenvalue weighted by atomic mass is 32.1. The lowest BCUT2D eigenvalue weighted by atomic mass is 10.2. The molecule has 1 heterocycles. The standard InChI is InChI=1S/C21H22N6O2S/c1-13(22)19(27-26-17-10-8-16(9-11-17)23-14(2)28)20(29)25-21-24-18(12-30-21)15-6-4-3-5-7-15/h3-12,19,22,26-27H,1-2H3,(H,23,28)(H,24,25,29). The van der Waals surface area contributed by atoms with E-state index in [0.29, 0.717) is 16.5 Å². The Balaban J connectivity index is 1.60. The number of hydrogen-bond donors (Lipinski definition) is 5. The molecule has 8 nitrogen and oxygen atoms in total. The average molecular weight is 423 g/mol. The van der Waals surface area contributed by atoms with Gasteiger partial charge in [-0.15, -0.1) is 11.3 Å². The molecule has 0 saturated carbocycles. The second-order valence-electron chi connectivity index (χ2n) is 6.54. The number of amides is 2. The quantitative estimate of drug-likeness (QED) is 0.280. The van der Waals surface area contributed by atoms with Crippen LogP contribution < -0.4 is 21.5 Å². The summed E-state index contributed by atoms with van der Waals surface area (Å²) in [5, 5.41) is 15.7. The van der Waals surface area contributed by atoms with E-state index in [-0.39, 0.29) is 17.5 Å². The van der Waals surface area contributed by atoms with Crippen LogP contribution in [0.25, 0.3) is 11.3 Å². The van der Waals surface area contributed by atoms with Crippen LogP contribution in [0.5, 0.6) is 0 Å². The van der Waals surface area contributed by atoms with E-state index in [0.717, 1.165) is 11.3 Å². The van der Waals surface area contributed by atoms with Crippen molar-refractivity contribution in [2.45, 2.75) is 19.9 Å². The third kappa shape index (κ3) is 5.72. The largest absolute Gasteiger partial charge is 0.326 e. The van der Waals surface area contributed by atoms with Gasteiger partial charge >= 0.3 is 0 Å². The molecule has 9 heteroatoms. The van der Waals surface area contributed by atoms with Gasteiger partial charge in [0.05, 0.1) is 5.69 Å². The maximum absolute atomic E-state index is 12.7. The van der Waals surface area contributed by atoms with E-state index in [9.17, 15) is 9.59 Å². The highest BCUT2D eigenvalue weighted by Gasteiger charge is 2.21. The average Bonchev–Trinajstić information content (AvgIpc) is 3.18. The summed E-state index contributed by atoms with van der Waals surface area (Å²) in [5.41, 5.74) is 9.03. The molecule has 2 amide bonds. The van der Waals surface area contributed by atoms with Crippen molar-refractivity contribution in [3.8, 4) is 11.3 Å². The van der Waals surface area contributed by atoms with Gasteiger partial charge in [-0.3, -0.25) is 9.59 Å². The van der Waals surface area contributed by atoms with Crippen LogP contribution in [-0.4, -0.2) is 28.6 Å². The predicted molar refractivity (Wildman–Crippen MR) is 121 cm³/mol. The first-order chi connectivity index (χ1) is 14.4. The zero-order valence-corrected chi connectivity index (χ0v) is 17.3. The number of carbonyl (C=O) groups is 2. The summed E-state index contributed by atoms with van der Waals surface area (Å²) in [6, 6.07) is 15.8. The molecule has 0 aliphatic heterocycles. The normalized spacial score (nSPS) is 11.4. The highest BCUT2D eigenvalue weighted by molar-refractivity contribution is 7.14. The molecule has 3 rings (SSSR count). The van der Waals surface area contributed by atoms with Gasteiger partial charge in [-0.1, -0.05) is 30.3 Å². The van der Waals surface area contributed by atoms with Crippen LogP contribution in [0.15, 0.2) is 60.0 Å². The Morgan fingerprint density at radius 2 is 1.63 bits per heavy atom. The van der Waals surface area contributed by atoms with Crippen LogP contribution in [0, 0.1) is 5.41 Å². The molecular formula is C21H22N6O2S. The predicted octanol–water partition coefficient (Wildman–Crippen LogP) is 3.73. The van der Waals surface area contributed by atoms with Gasteiger partial charge in [-0.05, 0) is 31.2 Å². The summed E-state index contributed by atoms with van der Waals surface area (Å²) in [7, 11) is 0. The lowest BCUT2D eigenvalue weighted by Crippen LogP contribution is -2.47. The number of nitrogens with one attached hydrogen (secondary N) is 5. The number of nitrogens with zero attached hydrogens (tertiary/aromatic N) is 1. The summed E-state index contributed by atoms with van der Waals surface area (Å²) >= 11 is 1.33. The molecule has 30 heavy (non-hydrogen) atoms. The number of rotatable bonds is 8. The Morgan fingerprint density at radius 3 is 2.27 bits per heavy atom. The molecule has 154 valence electrons. The molecule has 1 aromatic heterocycles. The Bertz CT molecular complexity index is 1030. The molecular weight excluding hydrogens is 400 g/mol. The molecule has 0 spiro atoms. The summed E-state index contributed by atoms with van der Waals surface area (Å²) in [6.07, 6.45) is 0. The minimum atomic E-state index is -0.885. The van der Waals surface area contributed by atoms with E-state index in [1.165, 1.54) is 18.3 Å². The van der Waals surface area contributed by atoms with E-state index >= 15 is 0 Å². The fourth-order valence-electron chi connectivity index (χ4n) is 2.62. The van der Waals surface area contributed by atoms with Crippen LogP contribution >= 0.6 is 11.3 Å². The van der Waals surface area contributed by atoms with Crippen molar-refractivity contribution in [1.82, 2.24) is 10.4 Å². The second-order valence-corrected chi connectivity index (χ2v) is 7.40. The van der Waals surface area contributed by atoms with E-state index in [1.54, 1.807) is 31.2 Å². The molecule has 1 unspecified atom stereocenters. The Labute approximate surface area is 178 Å². The third-order valence-electron chi connectivity index (χ3n) is 4.07. The van der Waals surface area contributed by atoms with Gasteiger partial charge in [0, 0.05) is 35.0 Å². The minimum absolute atomic E-state index is 0.148. The molecule has 1 atom stereocenters. The smallest absolute Gasteiger partial charge is 0.250 e.